The third-order valence-corrected chi connectivity index (χ3v) is 4.25. The number of pyridine rings is 1. The number of aromatic nitrogens is 1. The van der Waals surface area contributed by atoms with Gasteiger partial charge < -0.3 is 4.90 Å². The zero-order chi connectivity index (χ0) is 11.6. The van der Waals surface area contributed by atoms with E-state index in [1.807, 2.05) is 19.3 Å². The van der Waals surface area contributed by atoms with Gasteiger partial charge in [-0.25, -0.2) is 4.98 Å². The summed E-state index contributed by atoms with van der Waals surface area (Å²) in [6.45, 7) is 6.24. The molecule has 1 rings (SSSR count). The molecule has 0 spiro atoms. The molecule has 0 N–H and O–H groups in total. The van der Waals surface area contributed by atoms with Crippen LogP contribution in [0.5, 0.6) is 0 Å². The molecule has 0 aromatic carbocycles. The summed E-state index contributed by atoms with van der Waals surface area (Å²) in [6.07, 6.45) is 1.82. The number of alkyl halides is 1. The number of nitrogens with zero attached hydrogens (tertiary/aromatic N) is 2. The fourth-order valence-corrected chi connectivity index (χ4v) is 1.82. The van der Waals surface area contributed by atoms with Gasteiger partial charge in [0, 0.05) is 24.7 Å². The Morgan fingerprint density at radius 3 is 2.67 bits per heavy atom. The molecule has 0 saturated carbocycles. The first-order valence-corrected chi connectivity index (χ1v) is 6.14. The molecule has 0 radical (unpaired) electrons. The van der Waals surface area contributed by atoms with Crippen molar-refractivity contribution in [2.45, 2.75) is 26.3 Å². The fraction of sp³-hybridized carbons (Fsp3) is 0.545. The van der Waals surface area contributed by atoms with Crippen LogP contribution in [0.3, 0.4) is 0 Å². The van der Waals surface area contributed by atoms with Crippen molar-refractivity contribution in [1.29, 1.82) is 0 Å². The van der Waals surface area contributed by atoms with Crippen molar-refractivity contribution in [2.24, 2.45) is 0 Å². The Morgan fingerprint density at radius 1 is 1.53 bits per heavy atom. The Kier molecular flexibility index (Phi) is 4.01. The minimum atomic E-state index is -0.106. The van der Waals surface area contributed by atoms with Gasteiger partial charge >= 0.3 is 0 Å². The number of halogens is 2. The van der Waals surface area contributed by atoms with E-state index in [-0.39, 0.29) is 5.54 Å². The van der Waals surface area contributed by atoms with E-state index in [2.05, 4.69) is 46.6 Å². The smallest absolute Gasteiger partial charge is 0.143 e. The molecule has 0 aliphatic heterocycles. The molecule has 15 heavy (non-hydrogen) atoms. The third-order valence-electron chi connectivity index (χ3n) is 2.62. The highest BCUT2D eigenvalue weighted by atomic mass is 79.9. The Balaban J connectivity index is 3.12. The van der Waals surface area contributed by atoms with Crippen molar-refractivity contribution in [2.75, 3.05) is 17.8 Å². The maximum Gasteiger partial charge on any atom is 0.143 e. The Bertz CT molecular complexity index is 352. The average molecular weight is 292 g/mol. The summed E-state index contributed by atoms with van der Waals surface area (Å²) in [6, 6.07) is 1.98. The lowest BCUT2D eigenvalue weighted by Crippen LogP contribution is -2.43. The first-order valence-electron chi connectivity index (χ1n) is 4.81. The highest BCUT2D eigenvalue weighted by molar-refractivity contribution is 9.10. The molecule has 0 saturated heterocycles. The van der Waals surface area contributed by atoms with Gasteiger partial charge in [-0.15, -0.1) is 11.6 Å². The van der Waals surface area contributed by atoms with Crippen LogP contribution in [0.15, 0.2) is 16.7 Å². The van der Waals surface area contributed by atoms with Gasteiger partial charge in [0.2, 0.25) is 0 Å². The summed E-state index contributed by atoms with van der Waals surface area (Å²) in [4.78, 5) is 6.47. The minimum Gasteiger partial charge on any atom is -0.352 e. The number of rotatable bonds is 3. The van der Waals surface area contributed by atoms with Crippen LogP contribution in [0.4, 0.5) is 5.82 Å². The maximum atomic E-state index is 5.95. The summed E-state index contributed by atoms with van der Waals surface area (Å²) in [5, 5.41) is 0. The topological polar surface area (TPSA) is 16.1 Å². The van der Waals surface area contributed by atoms with Crippen LogP contribution < -0.4 is 4.90 Å². The molecule has 4 heteroatoms. The first-order chi connectivity index (χ1) is 6.90. The van der Waals surface area contributed by atoms with Gasteiger partial charge in [-0.2, -0.15) is 0 Å². The highest BCUT2D eigenvalue weighted by Crippen LogP contribution is 2.30. The van der Waals surface area contributed by atoms with E-state index in [0.29, 0.717) is 5.88 Å². The van der Waals surface area contributed by atoms with E-state index in [1.165, 1.54) is 5.56 Å². The van der Waals surface area contributed by atoms with Gasteiger partial charge in [-0.05, 0) is 48.3 Å². The summed E-state index contributed by atoms with van der Waals surface area (Å²) in [5.41, 5.74) is 1.07. The zero-order valence-corrected chi connectivity index (χ0v) is 11.9. The standard InChI is InChI=1S/C11H16BrClN2/c1-8-5-6-14-10(9(8)12)15(4)11(2,3)7-13/h5-6H,7H2,1-4H3. The molecule has 0 aliphatic rings. The highest BCUT2D eigenvalue weighted by Gasteiger charge is 2.25. The molecule has 0 atom stereocenters. The van der Waals surface area contributed by atoms with Crippen molar-refractivity contribution in [3.63, 3.8) is 0 Å². The quantitative estimate of drug-likeness (QED) is 0.791. The molecule has 0 unspecified atom stereocenters. The van der Waals surface area contributed by atoms with Crippen LogP contribution in [0.25, 0.3) is 0 Å². The molecule has 84 valence electrons. The summed E-state index contributed by atoms with van der Waals surface area (Å²) >= 11 is 9.50. The number of aryl methyl sites for hydroxylation is 1. The second-order valence-electron chi connectivity index (χ2n) is 4.27. The number of hydrogen-bond acceptors (Lipinski definition) is 2. The predicted molar refractivity (Wildman–Crippen MR) is 69.9 cm³/mol. The van der Waals surface area contributed by atoms with E-state index in [1.54, 1.807) is 0 Å². The summed E-state index contributed by atoms with van der Waals surface area (Å²) in [7, 11) is 2.01. The first kappa shape index (κ1) is 12.8. The average Bonchev–Trinajstić information content (AvgIpc) is 2.21. The molecule has 1 aromatic heterocycles. The third kappa shape index (κ3) is 2.64. The maximum absolute atomic E-state index is 5.95. The van der Waals surface area contributed by atoms with Gasteiger partial charge in [-0.1, -0.05) is 0 Å². The van der Waals surface area contributed by atoms with Gasteiger partial charge in [-0.3, -0.25) is 0 Å². The van der Waals surface area contributed by atoms with E-state index < -0.39 is 0 Å². The molecule has 2 nitrogen and oxygen atoms in total. The molecular formula is C11H16BrClN2. The summed E-state index contributed by atoms with van der Waals surface area (Å²) < 4.78 is 1.03. The van der Waals surface area contributed by atoms with Crippen molar-refractivity contribution < 1.29 is 0 Å². The monoisotopic (exact) mass is 290 g/mol. The van der Waals surface area contributed by atoms with E-state index in [4.69, 9.17) is 11.6 Å². The molecule has 1 aromatic rings. The normalized spacial score (nSPS) is 11.6. The Morgan fingerprint density at radius 2 is 2.13 bits per heavy atom. The minimum absolute atomic E-state index is 0.106. The fourth-order valence-electron chi connectivity index (χ4n) is 1.14. The van der Waals surface area contributed by atoms with Crippen LogP contribution in [-0.2, 0) is 0 Å². The van der Waals surface area contributed by atoms with Crippen LogP contribution in [0.2, 0.25) is 0 Å². The molecule has 0 aliphatic carbocycles. The van der Waals surface area contributed by atoms with Gasteiger partial charge in [0.25, 0.3) is 0 Å². The molecule has 0 bridgehead atoms. The second-order valence-corrected chi connectivity index (χ2v) is 5.33. The van der Waals surface area contributed by atoms with Crippen molar-refractivity contribution >= 4 is 33.3 Å². The summed E-state index contributed by atoms with van der Waals surface area (Å²) in [5.74, 6) is 1.49. The predicted octanol–water partition coefficient (Wildman–Crippen LogP) is 3.61. The molecule has 0 amide bonds. The lowest BCUT2D eigenvalue weighted by Gasteiger charge is -2.35. The second kappa shape index (κ2) is 4.71. The zero-order valence-electron chi connectivity index (χ0n) is 9.51. The molecule has 0 fully saturated rings. The molecular weight excluding hydrogens is 275 g/mol. The van der Waals surface area contributed by atoms with E-state index in [0.717, 1.165) is 10.3 Å². The largest absolute Gasteiger partial charge is 0.352 e. The van der Waals surface area contributed by atoms with Crippen molar-refractivity contribution in [3.8, 4) is 0 Å². The van der Waals surface area contributed by atoms with Crippen molar-refractivity contribution in [3.05, 3.63) is 22.3 Å². The van der Waals surface area contributed by atoms with Gasteiger partial charge in [0.05, 0.1) is 4.47 Å². The van der Waals surface area contributed by atoms with Gasteiger partial charge in [0.15, 0.2) is 0 Å². The lowest BCUT2D eigenvalue weighted by molar-refractivity contribution is 0.539. The van der Waals surface area contributed by atoms with E-state index >= 15 is 0 Å². The number of anilines is 1. The van der Waals surface area contributed by atoms with Crippen LogP contribution in [-0.4, -0.2) is 23.5 Å². The Hall–Kier alpha value is -0.280. The molecule has 1 heterocycles. The van der Waals surface area contributed by atoms with Crippen LogP contribution in [0, 0.1) is 6.92 Å². The number of hydrogen-bond donors (Lipinski definition) is 0. The SMILES string of the molecule is Cc1ccnc(N(C)C(C)(C)CCl)c1Br. The lowest BCUT2D eigenvalue weighted by atomic mass is 10.1. The Labute approximate surface area is 105 Å². The van der Waals surface area contributed by atoms with E-state index in [9.17, 15) is 0 Å². The van der Waals surface area contributed by atoms with Crippen LogP contribution in [0.1, 0.15) is 19.4 Å². The van der Waals surface area contributed by atoms with Crippen molar-refractivity contribution in [1.82, 2.24) is 4.98 Å². The van der Waals surface area contributed by atoms with Gasteiger partial charge in [0.1, 0.15) is 5.82 Å². The van der Waals surface area contributed by atoms with Crippen LogP contribution >= 0.6 is 27.5 Å².